The molecule has 0 spiro atoms. The number of hydrogen-bond donors (Lipinski definition) is 1. The van der Waals surface area contributed by atoms with Crippen molar-refractivity contribution in [2.75, 3.05) is 4.90 Å². The summed E-state index contributed by atoms with van der Waals surface area (Å²) in [6.45, 7) is 3.67. The van der Waals surface area contributed by atoms with Crippen LogP contribution in [0, 0.1) is 17.6 Å². The number of aliphatic hydroxyl groups is 1. The van der Waals surface area contributed by atoms with Gasteiger partial charge in [0, 0.05) is 24.9 Å². The average Bonchev–Trinajstić information content (AvgIpc) is 2.87. The standard InChI is InChI=1S/C20H18F2N2O3/c1-11(2)8-16(25)17-18(12-4-3-7-23-10-12)24(20(27)19(17)26)15-6-5-13(21)9-14(15)22/h3-7,9-11,18,26H,8H2,1-2H3. The van der Waals surface area contributed by atoms with Gasteiger partial charge in [0.15, 0.2) is 11.5 Å². The molecule has 1 aliphatic heterocycles. The molecule has 1 aromatic heterocycles. The maximum absolute atomic E-state index is 14.4. The molecule has 140 valence electrons. The molecule has 0 radical (unpaired) electrons. The second-order valence-corrected chi connectivity index (χ2v) is 6.74. The topological polar surface area (TPSA) is 70.5 Å². The molecule has 1 aromatic carbocycles. The van der Waals surface area contributed by atoms with E-state index in [-0.39, 0.29) is 23.6 Å². The molecular formula is C20H18F2N2O3. The van der Waals surface area contributed by atoms with Gasteiger partial charge in [0.2, 0.25) is 0 Å². The normalized spacial score (nSPS) is 17.1. The van der Waals surface area contributed by atoms with Crippen LogP contribution in [0.3, 0.4) is 0 Å². The van der Waals surface area contributed by atoms with E-state index in [4.69, 9.17) is 0 Å². The number of aliphatic hydroxyl groups excluding tert-OH is 1. The zero-order valence-corrected chi connectivity index (χ0v) is 14.8. The molecule has 1 unspecified atom stereocenters. The highest BCUT2D eigenvalue weighted by Gasteiger charge is 2.45. The fourth-order valence-corrected chi connectivity index (χ4v) is 3.15. The van der Waals surface area contributed by atoms with E-state index in [9.17, 15) is 23.5 Å². The third-order valence-electron chi connectivity index (χ3n) is 4.27. The summed E-state index contributed by atoms with van der Waals surface area (Å²) in [5.41, 5.74) is 0.102. The Bertz CT molecular complexity index is 926. The monoisotopic (exact) mass is 372 g/mol. The summed E-state index contributed by atoms with van der Waals surface area (Å²) in [6, 6.07) is 4.96. The van der Waals surface area contributed by atoms with E-state index in [1.807, 2.05) is 13.8 Å². The van der Waals surface area contributed by atoms with Crippen LogP contribution in [0.5, 0.6) is 0 Å². The number of benzene rings is 1. The summed E-state index contributed by atoms with van der Waals surface area (Å²) >= 11 is 0. The second-order valence-electron chi connectivity index (χ2n) is 6.74. The van der Waals surface area contributed by atoms with Crippen LogP contribution in [0.2, 0.25) is 0 Å². The SMILES string of the molecule is CC(C)CC(=O)C1=C(O)C(=O)N(c2ccc(F)cc2F)C1c1cccnc1. The smallest absolute Gasteiger partial charge is 0.294 e. The molecule has 2 heterocycles. The minimum absolute atomic E-state index is 0.000873. The summed E-state index contributed by atoms with van der Waals surface area (Å²) in [4.78, 5) is 30.4. The lowest BCUT2D eigenvalue weighted by molar-refractivity contribution is -0.118. The fourth-order valence-electron chi connectivity index (χ4n) is 3.15. The number of carbonyl (C=O) groups excluding carboxylic acids is 2. The first-order chi connectivity index (χ1) is 12.8. The Hall–Kier alpha value is -3.09. The Labute approximate surface area is 155 Å². The summed E-state index contributed by atoms with van der Waals surface area (Å²) in [6.07, 6.45) is 3.07. The van der Waals surface area contributed by atoms with Gasteiger partial charge in [0.05, 0.1) is 17.3 Å². The number of rotatable bonds is 5. The van der Waals surface area contributed by atoms with Gasteiger partial charge in [-0.3, -0.25) is 19.5 Å². The average molecular weight is 372 g/mol. The predicted molar refractivity (Wildman–Crippen MR) is 94.9 cm³/mol. The highest BCUT2D eigenvalue weighted by Crippen LogP contribution is 2.42. The minimum atomic E-state index is -1.04. The van der Waals surface area contributed by atoms with Crippen LogP contribution in [-0.2, 0) is 9.59 Å². The van der Waals surface area contributed by atoms with Crippen LogP contribution >= 0.6 is 0 Å². The van der Waals surface area contributed by atoms with Crippen LogP contribution in [0.4, 0.5) is 14.5 Å². The van der Waals surface area contributed by atoms with Gasteiger partial charge in [0.25, 0.3) is 5.91 Å². The van der Waals surface area contributed by atoms with E-state index in [0.717, 1.165) is 17.0 Å². The molecule has 5 nitrogen and oxygen atoms in total. The van der Waals surface area contributed by atoms with Crippen molar-refractivity contribution < 1.29 is 23.5 Å². The van der Waals surface area contributed by atoms with E-state index in [1.165, 1.54) is 12.4 Å². The number of ketones is 1. The molecule has 3 rings (SSSR count). The zero-order valence-electron chi connectivity index (χ0n) is 14.8. The van der Waals surface area contributed by atoms with Crippen LogP contribution in [-0.4, -0.2) is 21.8 Å². The molecule has 0 saturated carbocycles. The first kappa shape index (κ1) is 18.7. The molecule has 1 amide bonds. The summed E-state index contributed by atoms with van der Waals surface area (Å²) in [7, 11) is 0. The van der Waals surface area contributed by atoms with Gasteiger partial charge >= 0.3 is 0 Å². The number of halogens is 2. The first-order valence-electron chi connectivity index (χ1n) is 8.46. The minimum Gasteiger partial charge on any atom is -0.503 e. The van der Waals surface area contributed by atoms with Gasteiger partial charge in [-0.05, 0) is 29.7 Å². The molecule has 1 aliphatic rings. The number of amides is 1. The van der Waals surface area contributed by atoms with Gasteiger partial charge in [0.1, 0.15) is 11.6 Å². The van der Waals surface area contributed by atoms with Crippen LogP contribution < -0.4 is 4.90 Å². The highest BCUT2D eigenvalue weighted by atomic mass is 19.1. The molecule has 0 saturated heterocycles. The Kier molecular flexibility index (Phi) is 5.03. The van der Waals surface area contributed by atoms with Crippen molar-refractivity contribution in [3.63, 3.8) is 0 Å². The molecule has 0 fully saturated rings. The largest absolute Gasteiger partial charge is 0.503 e. The van der Waals surface area contributed by atoms with Gasteiger partial charge in [-0.15, -0.1) is 0 Å². The van der Waals surface area contributed by atoms with Gasteiger partial charge in [-0.25, -0.2) is 8.78 Å². The third-order valence-corrected chi connectivity index (χ3v) is 4.27. The maximum Gasteiger partial charge on any atom is 0.294 e. The van der Waals surface area contributed by atoms with Gasteiger partial charge < -0.3 is 5.11 Å². The van der Waals surface area contributed by atoms with Crippen molar-refractivity contribution in [3.05, 3.63) is 71.3 Å². The number of Topliss-reactive ketones (excluding diaryl/α,β-unsaturated/α-hetero) is 1. The van der Waals surface area contributed by atoms with Gasteiger partial charge in [-0.2, -0.15) is 0 Å². The molecule has 0 bridgehead atoms. The first-order valence-corrected chi connectivity index (χ1v) is 8.46. The number of aromatic nitrogens is 1. The Balaban J connectivity index is 2.16. The lowest BCUT2D eigenvalue weighted by atomic mass is 9.93. The third kappa shape index (κ3) is 3.45. The predicted octanol–water partition coefficient (Wildman–Crippen LogP) is 3.88. The molecular weight excluding hydrogens is 354 g/mol. The van der Waals surface area contributed by atoms with Crippen molar-refractivity contribution in [1.82, 2.24) is 4.98 Å². The number of hydrogen-bond acceptors (Lipinski definition) is 4. The second kappa shape index (κ2) is 7.26. The number of nitrogens with zero attached hydrogens (tertiary/aromatic N) is 2. The molecule has 0 aliphatic carbocycles. The Morgan fingerprint density at radius 3 is 2.63 bits per heavy atom. The van der Waals surface area contributed by atoms with E-state index < -0.39 is 35.1 Å². The van der Waals surface area contributed by atoms with Crippen LogP contribution in [0.1, 0.15) is 31.9 Å². The van der Waals surface area contributed by atoms with E-state index in [2.05, 4.69) is 4.98 Å². The van der Waals surface area contributed by atoms with Crippen LogP contribution in [0.25, 0.3) is 0 Å². The van der Waals surface area contributed by atoms with Gasteiger partial charge in [-0.1, -0.05) is 19.9 Å². The fraction of sp³-hybridized carbons (Fsp3) is 0.250. The maximum atomic E-state index is 14.4. The lowest BCUT2D eigenvalue weighted by Crippen LogP contribution is -2.32. The molecule has 27 heavy (non-hydrogen) atoms. The van der Waals surface area contributed by atoms with Crippen molar-refractivity contribution >= 4 is 17.4 Å². The molecule has 7 heteroatoms. The summed E-state index contributed by atoms with van der Waals surface area (Å²) in [5, 5.41) is 10.4. The van der Waals surface area contributed by atoms with Crippen molar-refractivity contribution in [3.8, 4) is 0 Å². The van der Waals surface area contributed by atoms with E-state index in [0.29, 0.717) is 11.6 Å². The quantitative estimate of drug-likeness (QED) is 0.865. The van der Waals surface area contributed by atoms with Crippen molar-refractivity contribution in [2.45, 2.75) is 26.3 Å². The summed E-state index contributed by atoms with van der Waals surface area (Å²) < 4.78 is 27.7. The van der Waals surface area contributed by atoms with Crippen molar-refractivity contribution in [2.24, 2.45) is 5.92 Å². The van der Waals surface area contributed by atoms with E-state index in [1.54, 1.807) is 12.1 Å². The molecule has 1 atom stereocenters. The lowest BCUT2D eigenvalue weighted by Gasteiger charge is -2.27. The van der Waals surface area contributed by atoms with Crippen LogP contribution in [0.15, 0.2) is 54.1 Å². The number of pyridine rings is 1. The Morgan fingerprint density at radius 1 is 1.30 bits per heavy atom. The number of anilines is 1. The van der Waals surface area contributed by atoms with E-state index >= 15 is 0 Å². The van der Waals surface area contributed by atoms with Crippen molar-refractivity contribution in [1.29, 1.82) is 0 Å². The molecule has 1 N–H and O–H groups in total. The summed E-state index contributed by atoms with van der Waals surface area (Å²) in [5.74, 6) is -3.81. The molecule has 2 aromatic rings. The zero-order chi connectivity index (χ0) is 19.7. The number of carbonyl (C=O) groups is 2. The Morgan fingerprint density at radius 2 is 2.04 bits per heavy atom. The highest BCUT2D eigenvalue weighted by molar-refractivity contribution is 6.16.